The van der Waals surface area contributed by atoms with Crippen LogP contribution in [0.1, 0.15) is 17.3 Å². The monoisotopic (exact) mass is 408 g/mol. The number of sulfonamides is 1. The molecule has 10 heteroatoms. The number of methoxy groups -OCH3 is 2. The topological polar surface area (TPSA) is 134 Å². The van der Waals surface area contributed by atoms with Gasteiger partial charge in [-0.1, -0.05) is 6.07 Å². The third-order valence-corrected chi connectivity index (χ3v) is 4.66. The highest BCUT2D eigenvalue weighted by atomic mass is 32.2. The number of amides is 1. The van der Waals surface area contributed by atoms with Gasteiger partial charge in [0.2, 0.25) is 10.0 Å². The van der Waals surface area contributed by atoms with Crippen LogP contribution in [0.5, 0.6) is 11.5 Å². The fraction of sp³-hybridized carbons (Fsp3) is 0.222. The van der Waals surface area contributed by atoms with E-state index in [2.05, 4.69) is 5.32 Å². The average molecular weight is 408 g/mol. The maximum absolute atomic E-state index is 12.4. The summed E-state index contributed by atoms with van der Waals surface area (Å²) in [5, 5.41) is 7.54. The molecule has 2 aromatic carbocycles. The number of carbonyl (C=O) groups excluding carboxylic acids is 2. The molecule has 9 nitrogen and oxygen atoms in total. The summed E-state index contributed by atoms with van der Waals surface area (Å²) in [4.78, 5) is 24.6. The fourth-order valence-electron chi connectivity index (χ4n) is 2.30. The standard InChI is InChI=1S/C18H20N2O7S/c1-11(17(21)20-12-7-9-13(10-8-12)28(19,23)24)27-18(22)14-5-4-6-15(25-2)16(14)26-3/h4-11H,1-3H3,(H,20,21)(H2,19,23,24)/t11-/m0/s1. The molecule has 0 spiro atoms. The number of rotatable bonds is 7. The maximum Gasteiger partial charge on any atom is 0.342 e. The Morgan fingerprint density at radius 3 is 2.21 bits per heavy atom. The van der Waals surface area contributed by atoms with Gasteiger partial charge in [0.25, 0.3) is 5.91 Å². The van der Waals surface area contributed by atoms with E-state index < -0.39 is 28.0 Å². The lowest BCUT2D eigenvalue weighted by molar-refractivity contribution is -0.123. The zero-order chi connectivity index (χ0) is 20.9. The van der Waals surface area contributed by atoms with Crippen molar-refractivity contribution in [2.45, 2.75) is 17.9 Å². The zero-order valence-electron chi connectivity index (χ0n) is 15.5. The van der Waals surface area contributed by atoms with Gasteiger partial charge >= 0.3 is 5.97 Å². The number of ether oxygens (including phenoxy) is 3. The third kappa shape index (κ3) is 4.99. The Kier molecular flexibility index (Phi) is 6.60. The molecule has 2 rings (SSSR count). The van der Waals surface area contributed by atoms with Crippen molar-refractivity contribution in [2.75, 3.05) is 19.5 Å². The maximum atomic E-state index is 12.4. The Bertz CT molecular complexity index is 972. The second-order valence-corrected chi connectivity index (χ2v) is 7.21. The Balaban J connectivity index is 2.07. The Morgan fingerprint density at radius 1 is 1.04 bits per heavy atom. The van der Waals surface area contributed by atoms with Gasteiger partial charge < -0.3 is 19.5 Å². The van der Waals surface area contributed by atoms with Crippen molar-refractivity contribution in [1.29, 1.82) is 0 Å². The van der Waals surface area contributed by atoms with E-state index in [1.807, 2.05) is 0 Å². The molecule has 0 unspecified atom stereocenters. The molecule has 0 aliphatic carbocycles. The highest BCUT2D eigenvalue weighted by Gasteiger charge is 2.23. The van der Waals surface area contributed by atoms with Crippen LogP contribution in [-0.4, -0.2) is 40.6 Å². The minimum absolute atomic E-state index is 0.0879. The third-order valence-electron chi connectivity index (χ3n) is 3.73. The van der Waals surface area contributed by atoms with Crippen molar-refractivity contribution in [1.82, 2.24) is 0 Å². The fourth-order valence-corrected chi connectivity index (χ4v) is 2.81. The number of nitrogens with one attached hydrogen (secondary N) is 1. The minimum atomic E-state index is -3.83. The molecule has 0 fully saturated rings. The number of carbonyl (C=O) groups is 2. The predicted octanol–water partition coefficient (Wildman–Crippen LogP) is 1.54. The first-order valence-electron chi connectivity index (χ1n) is 8.03. The predicted molar refractivity (Wildman–Crippen MR) is 101 cm³/mol. The molecule has 0 saturated carbocycles. The van der Waals surface area contributed by atoms with E-state index in [0.29, 0.717) is 11.4 Å². The molecule has 3 N–H and O–H groups in total. The molecule has 1 amide bonds. The van der Waals surface area contributed by atoms with E-state index in [9.17, 15) is 18.0 Å². The van der Waals surface area contributed by atoms with Gasteiger partial charge in [0.15, 0.2) is 17.6 Å². The largest absolute Gasteiger partial charge is 0.493 e. The van der Waals surface area contributed by atoms with E-state index in [1.54, 1.807) is 12.1 Å². The van der Waals surface area contributed by atoms with Crippen LogP contribution < -0.4 is 19.9 Å². The summed E-state index contributed by atoms with van der Waals surface area (Å²) in [5.74, 6) is -0.813. The summed E-state index contributed by atoms with van der Waals surface area (Å²) >= 11 is 0. The number of primary sulfonamides is 1. The van der Waals surface area contributed by atoms with Gasteiger partial charge in [-0.05, 0) is 43.3 Å². The zero-order valence-corrected chi connectivity index (χ0v) is 16.3. The van der Waals surface area contributed by atoms with Gasteiger partial charge in [-0.15, -0.1) is 0 Å². The van der Waals surface area contributed by atoms with E-state index in [-0.39, 0.29) is 16.2 Å². The second kappa shape index (κ2) is 8.72. The smallest absolute Gasteiger partial charge is 0.342 e. The summed E-state index contributed by atoms with van der Waals surface area (Å²) in [5.41, 5.74) is 0.429. The molecule has 0 aliphatic rings. The number of esters is 1. The lowest BCUT2D eigenvalue weighted by atomic mass is 10.2. The van der Waals surface area contributed by atoms with Crippen molar-refractivity contribution in [3.8, 4) is 11.5 Å². The molecule has 28 heavy (non-hydrogen) atoms. The van der Waals surface area contributed by atoms with Crippen LogP contribution in [0.2, 0.25) is 0 Å². The van der Waals surface area contributed by atoms with Crippen LogP contribution in [0.4, 0.5) is 5.69 Å². The molecule has 150 valence electrons. The summed E-state index contributed by atoms with van der Waals surface area (Å²) in [6.07, 6.45) is -1.12. The lowest BCUT2D eigenvalue weighted by Gasteiger charge is -2.16. The van der Waals surface area contributed by atoms with Crippen LogP contribution in [0.15, 0.2) is 47.4 Å². The minimum Gasteiger partial charge on any atom is -0.493 e. The van der Waals surface area contributed by atoms with Crippen molar-refractivity contribution in [3.05, 3.63) is 48.0 Å². The first-order chi connectivity index (χ1) is 13.2. The number of benzene rings is 2. The molecule has 2 aromatic rings. The quantitative estimate of drug-likeness (QED) is 0.664. The highest BCUT2D eigenvalue weighted by molar-refractivity contribution is 7.89. The number of hydrogen-bond donors (Lipinski definition) is 2. The summed E-state index contributed by atoms with van der Waals surface area (Å²) < 4.78 is 38.0. The van der Waals surface area contributed by atoms with Crippen molar-refractivity contribution in [3.63, 3.8) is 0 Å². The van der Waals surface area contributed by atoms with Crippen molar-refractivity contribution in [2.24, 2.45) is 5.14 Å². The van der Waals surface area contributed by atoms with Crippen LogP contribution in [0.25, 0.3) is 0 Å². The first kappa shape index (κ1) is 21.2. The van der Waals surface area contributed by atoms with Gasteiger partial charge in [0.1, 0.15) is 5.56 Å². The Morgan fingerprint density at radius 2 is 1.68 bits per heavy atom. The van der Waals surface area contributed by atoms with E-state index in [1.165, 1.54) is 51.5 Å². The van der Waals surface area contributed by atoms with E-state index >= 15 is 0 Å². The molecule has 0 saturated heterocycles. The molecule has 0 aromatic heterocycles. The van der Waals surface area contributed by atoms with E-state index in [4.69, 9.17) is 19.3 Å². The van der Waals surface area contributed by atoms with Gasteiger partial charge in [-0.3, -0.25) is 4.79 Å². The lowest BCUT2D eigenvalue weighted by Crippen LogP contribution is -2.30. The molecule has 1 atom stereocenters. The highest BCUT2D eigenvalue weighted by Crippen LogP contribution is 2.31. The molecular weight excluding hydrogens is 388 g/mol. The molecular formula is C18H20N2O7S. The summed E-state index contributed by atoms with van der Waals surface area (Å²) in [6, 6.07) is 9.95. The molecule has 0 heterocycles. The van der Waals surface area contributed by atoms with E-state index in [0.717, 1.165) is 0 Å². The van der Waals surface area contributed by atoms with Crippen LogP contribution >= 0.6 is 0 Å². The normalized spacial score (nSPS) is 12.0. The second-order valence-electron chi connectivity index (χ2n) is 5.65. The number of nitrogens with two attached hydrogens (primary N) is 1. The average Bonchev–Trinajstić information content (AvgIpc) is 2.66. The van der Waals surface area contributed by atoms with Crippen molar-refractivity contribution < 1.29 is 32.2 Å². The van der Waals surface area contributed by atoms with Crippen LogP contribution in [0.3, 0.4) is 0 Å². The number of hydrogen-bond acceptors (Lipinski definition) is 7. The first-order valence-corrected chi connectivity index (χ1v) is 9.57. The van der Waals surface area contributed by atoms with Crippen LogP contribution in [-0.2, 0) is 19.6 Å². The summed E-state index contributed by atoms with van der Waals surface area (Å²) in [7, 11) is -1.01. The van der Waals surface area contributed by atoms with Gasteiger partial charge in [0, 0.05) is 5.69 Å². The number of para-hydroxylation sites is 1. The summed E-state index contributed by atoms with van der Waals surface area (Å²) in [6.45, 7) is 1.40. The molecule has 0 aliphatic heterocycles. The van der Waals surface area contributed by atoms with Gasteiger partial charge in [-0.25, -0.2) is 18.4 Å². The van der Waals surface area contributed by atoms with Crippen LogP contribution in [0, 0.1) is 0 Å². The van der Waals surface area contributed by atoms with Gasteiger partial charge in [0.05, 0.1) is 19.1 Å². The van der Waals surface area contributed by atoms with Crippen molar-refractivity contribution >= 4 is 27.6 Å². The molecule has 0 bridgehead atoms. The SMILES string of the molecule is COc1cccc(C(=O)O[C@@H](C)C(=O)Nc2ccc(S(N)(=O)=O)cc2)c1OC. The molecule has 0 radical (unpaired) electrons. The van der Waals surface area contributed by atoms with Gasteiger partial charge in [-0.2, -0.15) is 0 Å². The Hall–Kier alpha value is -3.11. The Labute approximate surface area is 162 Å². The number of anilines is 1.